The van der Waals surface area contributed by atoms with Gasteiger partial charge < -0.3 is 5.11 Å². The van der Waals surface area contributed by atoms with Crippen LogP contribution in [-0.2, 0) is 13.0 Å². The van der Waals surface area contributed by atoms with E-state index in [2.05, 4.69) is 19.1 Å². The predicted octanol–water partition coefficient (Wildman–Crippen LogP) is 4.06. The van der Waals surface area contributed by atoms with Gasteiger partial charge in [0.2, 0.25) is 0 Å². The zero-order valence-corrected chi connectivity index (χ0v) is 10.5. The molecule has 1 nitrogen and oxygen atoms in total. The normalized spacial score (nSPS) is 10.5. The average Bonchev–Trinajstić information content (AvgIpc) is 2.39. The molecule has 2 rings (SSSR count). The maximum absolute atomic E-state index is 9.35. The fourth-order valence-corrected chi connectivity index (χ4v) is 2.09. The highest BCUT2D eigenvalue weighted by Gasteiger charge is 2.05. The molecule has 0 aliphatic heterocycles. The number of aliphatic hydroxyl groups is 1. The van der Waals surface area contributed by atoms with Crippen molar-refractivity contribution in [2.24, 2.45) is 0 Å². The molecule has 0 amide bonds. The van der Waals surface area contributed by atoms with Crippen LogP contribution in [0.1, 0.15) is 18.1 Å². The van der Waals surface area contributed by atoms with Crippen LogP contribution in [0.2, 0.25) is 5.02 Å². The molecule has 0 aliphatic rings. The highest BCUT2D eigenvalue weighted by molar-refractivity contribution is 6.30. The van der Waals surface area contributed by atoms with Crippen LogP contribution in [-0.4, -0.2) is 5.11 Å². The third-order valence-corrected chi connectivity index (χ3v) is 3.12. The van der Waals surface area contributed by atoms with Crippen molar-refractivity contribution >= 4 is 11.6 Å². The molecule has 0 spiro atoms. The maximum Gasteiger partial charge on any atom is 0.0687 e. The number of hydrogen-bond donors (Lipinski definition) is 1. The molecule has 0 radical (unpaired) electrons. The van der Waals surface area contributed by atoms with Gasteiger partial charge in [0.15, 0.2) is 0 Å². The first kappa shape index (κ1) is 12.2. The van der Waals surface area contributed by atoms with E-state index in [1.54, 1.807) is 6.07 Å². The fraction of sp³-hybridized carbons (Fsp3) is 0.200. The molecule has 88 valence electrons. The van der Waals surface area contributed by atoms with E-state index in [-0.39, 0.29) is 6.61 Å². The molecule has 0 saturated carbocycles. The van der Waals surface area contributed by atoms with Crippen LogP contribution in [0.4, 0.5) is 0 Å². The van der Waals surface area contributed by atoms with Crippen molar-refractivity contribution in [2.45, 2.75) is 20.0 Å². The molecule has 0 saturated heterocycles. The molecular weight excluding hydrogens is 232 g/mol. The second-order valence-corrected chi connectivity index (χ2v) is 4.45. The lowest BCUT2D eigenvalue weighted by atomic mass is 9.98. The summed E-state index contributed by atoms with van der Waals surface area (Å²) in [5.41, 5.74) is 4.31. The zero-order valence-electron chi connectivity index (χ0n) is 9.78. The first-order valence-electron chi connectivity index (χ1n) is 5.73. The van der Waals surface area contributed by atoms with E-state index in [9.17, 15) is 5.11 Å². The van der Waals surface area contributed by atoms with Crippen LogP contribution in [0.3, 0.4) is 0 Å². The van der Waals surface area contributed by atoms with Gasteiger partial charge in [-0.15, -0.1) is 0 Å². The molecule has 0 unspecified atom stereocenters. The Morgan fingerprint density at radius 1 is 1.12 bits per heavy atom. The lowest BCUT2D eigenvalue weighted by molar-refractivity contribution is 0.282. The van der Waals surface area contributed by atoms with Crippen molar-refractivity contribution in [2.75, 3.05) is 0 Å². The molecule has 0 bridgehead atoms. The van der Waals surface area contributed by atoms with E-state index in [4.69, 9.17) is 11.6 Å². The fourth-order valence-electron chi connectivity index (χ4n) is 1.91. The van der Waals surface area contributed by atoms with Crippen LogP contribution in [0.5, 0.6) is 0 Å². The SMILES string of the molecule is CCc1cccc(-c2cc(Cl)ccc2CO)c1. The van der Waals surface area contributed by atoms with Crippen LogP contribution in [0, 0.1) is 0 Å². The summed E-state index contributed by atoms with van der Waals surface area (Å²) in [5.74, 6) is 0. The third kappa shape index (κ3) is 2.68. The quantitative estimate of drug-likeness (QED) is 0.866. The Labute approximate surface area is 107 Å². The Morgan fingerprint density at radius 3 is 2.65 bits per heavy atom. The second-order valence-electron chi connectivity index (χ2n) is 4.01. The predicted molar refractivity (Wildman–Crippen MR) is 72.2 cm³/mol. The van der Waals surface area contributed by atoms with Gasteiger partial charge in [-0.1, -0.05) is 48.9 Å². The van der Waals surface area contributed by atoms with Gasteiger partial charge in [0, 0.05) is 5.02 Å². The second kappa shape index (κ2) is 5.35. The smallest absolute Gasteiger partial charge is 0.0687 e. The van der Waals surface area contributed by atoms with Crippen LogP contribution >= 0.6 is 11.6 Å². The van der Waals surface area contributed by atoms with Crippen molar-refractivity contribution in [3.63, 3.8) is 0 Å². The molecular formula is C15H15ClO. The molecule has 2 heteroatoms. The number of aliphatic hydroxyl groups excluding tert-OH is 1. The third-order valence-electron chi connectivity index (χ3n) is 2.89. The van der Waals surface area contributed by atoms with E-state index in [1.165, 1.54) is 5.56 Å². The minimum atomic E-state index is 0.0306. The van der Waals surface area contributed by atoms with E-state index in [1.807, 2.05) is 24.3 Å². The Balaban J connectivity index is 2.54. The highest BCUT2D eigenvalue weighted by atomic mass is 35.5. The van der Waals surface area contributed by atoms with E-state index in [0.717, 1.165) is 23.1 Å². The van der Waals surface area contributed by atoms with Gasteiger partial charge in [-0.3, -0.25) is 0 Å². The molecule has 17 heavy (non-hydrogen) atoms. The monoisotopic (exact) mass is 246 g/mol. The standard InChI is InChI=1S/C15H15ClO/c1-2-11-4-3-5-12(8-11)15-9-14(16)7-6-13(15)10-17/h3-9,17H,2,10H2,1H3. The van der Waals surface area contributed by atoms with E-state index in [0.29, 0.717) is 5.02 Å². The molecule has 1 N–H and O–H groups in total. The number of benzene rings is 2. The van der Waals surface area contributed by atoms with Crippen molar-refractivity contribution in [3.8, 4) is 11.1 Å². The first-order valence-corrected chi connectivity index (χ1v) is 6.11. The van der Waals surface area contributed by atoms with Gasteiger partial charge >= 0.3 is 0 Å². The molecule has 0 aliphatic carbocycles. The highest BCUT2D eigenvalue weighted by Crippen LogP contribution is 2.27. The van der Waals surface area contributed by atoms with Crippen LogP contribution < -0.4 is 0 Å². The Bertz CT molecular complexity index is 520. The summed E-state index contributed by atoms with van der Waals surface area (Å²) < 4.78 is 0. The number of aryl methyl sites for hydroxylation is 1. The summed E-state index contributed by atoms with van der Waals surface area (Å²) in [6.07, 6.45) is 1.00. The topological polar surface area (TPSA) is 20.2 Å². The zero-order chi connectivity index (χ0) is 12.3. The van der Waals surface area contributed by atoms with Crippen LogP contribution in [0.25, 0.3) is 11.1 Å². The van der Waals surface area contributed by atoms with Crippen molar-refractivity contribution in [1.82, 2.24) is 0 Å². The molecule has 2 aromatic rings. The summed E-state index contributed by atoms with van der Waals surface area (Å²) in [6, 6.07) is 13.9. The van der Waals surface area contributed by atoms with Gasteiger partial charge in [0.25, 0.3) is 0 Å². The van der Waals surface area contributed by atoms with Crippen molar-refractivity contribution in [1.29, 1.82) is 0 Å². The minimum absolute atomic E-state index is 0.0306. The van der Waals surface area contributed by atoms with Gasteiger partial charge in [-0.25, -0.2) is 0 Å². The molecule has 0 aromatic heterocycles. The number of halogens is 1. The minimum Gasteiger partial charge on any atom is -0.392 e. The Morgan fingerprint density at radius 2 is 1.94 bits per heavy atom. The van der Waals surface area contributed by atoms with Crippen molar-refractivity contribution in [3.05, 3.63) is 58.6 Å². The van der Waals surface area contributed by atoms with Crippen LogP contribution in [0.15, 0.2) is 42.5 Å². The number of hydrogen-bond acceptors (Lipinski definition) is 1. The first-order chi connectivity index (χ1) is 8.24. The number of rotatable bonds is 3. The summed E-state index contributed by atoms with van der Waals surface area (Å²) in [7, 11) is 0. The lowest BCUT2D eigenvalue weighted by Crippen LogP contribution is -1.90. The maximum atomic E-state index is 9.35. The lowest BCUT2D eigenvalue weighted by Gasteiger charge is -2.09. The average molecular weight is 247 g/mol. The molecule has 0 atom stereocenters. The molecule has 0 heterocycles. The molecule has 0 fully saturated rings. The summed E-state index contributed by atoms with van der Waals surface area (Å²) in [6.45, 7) is 2.16. The van der Waals surface area contributed by atoms with Gasteiger partial charge in [-0.05, 0) is 40.8 Å². The Kier molecular flexibility index (Phi) is 3.82. The summed E-state index contributed by atoms with van der Waals surface area (Å²) >= 11 is 6.02. The van der Waals surface area contributed by atoms with Gasteiger partial charge in [0.1, 0.15) is 0 Å². The largest absolute Gasteiger partial charge is 0.392 e. The Hall–Kier alpha value is -1.31. The van der Waals surface area contributed by atoms with E-state index >= 15 is 0 Å². The molecule has 2 aromatic carbocycles. The van der Waals surface area contributed by atoms with Crippen molar-refractivity contribution < 1.29 is 5.11 Å². The van der Waals surface area contributed by atoms with Gasteiger partial charge in [0.05, 0.1) is 6.61 Å². The van der Waals surface area contributed by atoms with E-state index < -0.39 is 0 Å². The summed E-state index contributed by atoms with van der Waals surface area (Å²) in [4.78, 5) is 0. The summed E-state index contributed by atoms with van der Waals surface area (Å²) in [5, 5.41) is 10.0. The van der Waals surface area contributed by atoms with Gasteiger partial charge in [-0.2, -0.15) is 0 Å².